The fourth-order valence-electron chi connectivity index (χ4n) is 1.51. The van der Waals surface area contributed by atoms with Gasteiger partial charge >= 0.3 is 0 Å². The quantitative estimate of drug-likeness (QED) is 0.770. The number of halogens is 1. The Labute approximate surface area is 116 Å². The van der Waals surface area contributed by atoms with Crippen LogP contribution in [0.25, 0.3) is 0 Å². The highest BCUT2D eigenvalue weighted by molar-refractivity contribution is 9.10. The number of aromatic nitrogens is 1. The maximum atomic E-state index is 10.7. The van der Waals surface area contributed by atoms with E-state index in [4.69, 9.17) is 0 Å². The molecule has 0 unspecified atom stereocenters. The Hall–Kier alpha value is -1.36. The summed E-state index contributed by atoms with van der Waals surface area (Å²) in [5, 5.41) is 0. The summed E-state index contributed by atoms with van der Waals surface area (Å²) in [5.74, 6) is 0. The molecular formula is C13H18BrN3O. The van der Waals surface area contributed by atoms with Gasteiger partial charge in [0.2, 0.25) is 6.41 Å². The van der Waals surface area contributed by atoms with Crippen molar-refractivity contribution in [1.29, 1.82) is 0 Å². The van der Waals surface area contributed by atoms with Gasteiger partial charge in [-0.2, -0.15) is 0 Å². The maximum Gasteiger partial charge on any atom is 0.210 e. The molecule has 0 saturated carbocycles. The van der Waals surface area contributed by atoms with Gasteiger partial charge in [0.15, 0.2) is 0 Å². The van der Waals surface area contributed by atoms with Crippen LogP contribution in [-0.2, 0) is 11.5 Å². The first-order valence-electron chi connectivity index (χ1n) is 5.72. The first-order valence-corrected chi connectivity index (χ1v) is 6.51. The van der Waals surface area contributed by atoms with E-state index < -0.39 is 0 Å². The first kappa shape index (κ1) is 14.7. The Kier molecular flexibility index (Phi) is 5.34. The van der Waals surface area contributed by atoms with Crippen molar-refractivity contribution >= 4 is 22.3 Å². The lowest BCUT2D eigenvalue weighted by Crippen LogP contribution is -2.30. The van der Waals surface area contributed by atoms with Crippen LogP contribution in [0.3, 0.4) is 0 Å². The summed E-state index contributed by atoms with van der Waals surface area (Å²) < 4.78 is 2.88. The van der Waals surface area contributed by atoms with E-state index in [1.807, 2.05) is 30.7 Å². The molecule has 0 aliphatic rings. The van der Waals surface area contributed by atoms with Gasteiger partial charge in [-0.25, -0.2) is 4.99 Å². The molecule has 1 rings (SSSR count). The predicted octanol–water partition coefficient (Wildman–Crippen LogP) is 2.43. The molecule has 98 valence electrons. The van der Waals surface area contributed by atoms with Crippen molar-refractivity contribution in [3.63, 3.8) is 0 Å². The number of hydrogen-bond donors (Lipinski definition) is 0. The predicted molar refractivity (Wildman–Crippen MR) is 75.7 cm³/mol. The van der Waals surface area contributed by atoms with Gasteiger partial charge < -0.3 is 9.47 Å². The second kappa shape index (κ2) is 6.54. The summed E-state index contributed by atoms with van der Waals surface area (Å²) in [6.45, 7) is 8.36. The number of carbonyl (C=O) groups excluding carboxylic acids is 1. The summed E-state index contributed by atoms with van der Waals surface area (Å²) in [5.41, 5.74) is 2.69. The van der Waals surface area contributed by atoms with Crippen LogP contribution in [0.2, 0.25) is 0 Å². The molecule has 0 aliphatic heterocycles. The number of aryl methyl sites for hydroxylation is 1. The molecule has 1 aromatic heterocycles. The van der Waals surface area contributed by atoms with Crippen molar-refractivity contribution in [3.05, 3.63) is 40.1 Å². The van der Waals surface area contributed by atoms with Crippen LogP contribution >= 0.6 is 15.9 Å². The Balaban J connectivity index is 3.33. The largest absolute Gasteiger partial charge is 0.330 e. The van der Waals surface area contributed by atoms with Crippen molar-refractivity contribution in [1.82, 2.24) is 9.47 Å². The smallest absolute Gasteiger partial charge is 0.210 e. The van der Waals surface area contributed by atoms with Crippen molar-refractivity contribution in [2.45, 2.75) is 26.9 Å². The molecule has 0 atom stereocenters. The summed E-state index contributed by atoms with van der Waals surface area (Å²) in [6, 6.07) is 2.00. The van der Waals surface area contributed by atoms with E-state index in [0.29, 0.717) is 6.67 Å². The molecule has 0 spiro atoms. The minimum Gasteiger partial charge on any atom is -0.330 e. The van der Waals surface area contributed by atoms with Gasteiger partial charge in [0.1, 0.15) is 5.49 Å². The lowest BCUT2D eigenvalue weighted by Gasteiger charge is -2.16. The molecule has 4 nitrogen and oxygen atoms in total. The van der Waals surface area contributed by atoms with E-state index in [1.54, 1.807) is 11.9 Å². The van der Waals surface area contributed by atoms with Gasteiger partial charge in [0, 0.05) is 23.4 Å². The Morgan fingerprint density at radius 3 is 2.89 bits per heavy atom. The number of carbonyl (C=O) groups is 1. The van der Waals surface area contributed by atoms with Crippen LogP contribution in [0.5, 0.6) is 0 Å². The lowest BCUT2D eigenvalue weighted by atomic mass is 10.3. The third-order valence-corrected chi connectivity index (χ3v) is 2.92. The molecule has 0 N–H and O–H groups in total. The maximum absolute atomic E-state index is 10.7. The number of nitrogens with zero attached hydrogens (tertiary/aromatic N) is 3. The van der Waals surface area contributed by atoms with Gasteiger partial charge in [-0.3, -0.25) is 4.79 Å². The fraction of sp³-hybridized carbons (Fsp3) is 0.385. The number of hydrogen-bond acceptors (Lipinski definition) is 2. The molecule has 1 heterocycles. The molecule has 0 aliphatic carbocycles. The second-order valence-electron chi connectivity index (χ2n) is 4.17. The van der Waals surface area contributed by atoms with Crippen molar-refractivity contribution in [2.75, 3.05) is 7.05 Å². The van der Waals surface area contributed by atoms with E-state index >= 15 is 0 Å². The monoisotopic (exact) mass is 311 g/mol. The number of rotatable bonds is 5. The van der Waals surface area contributed by atoms with Crippen LogP contribution in [0, 0.1) is 6.92 Å². The average molecular weight is 312 g/mol. The lowest BCUT2D eigenvalue weighted by molar-refractivity contribution is -0.118. The van der Waals surface area contributed by atoms with Crippen molar-refractivity contribution in [2.24, 2.45) is 4.99 Å². The van der Waals surface area contributed by atoms with Gasteiger partial charge in [0.25, 0.3) is 0 Å². The summed E-state index contributed by atoms with van der Waals surface area (Å²) in [6.07, 6.45) is 3.51. The van der Waals surface area contributed by atoms with Crippen LogP contribution in [0.4, 0.5) is 0 Å². The summed E-state index contributed by atoms with van der Waals surface area (Å²) >= 11 is 3.45. The van der Waals surface area contributed by atoms with Crippen LogP contribution in [0.1, 0.15) is 18.9 Å². The number of allylic oxidation sites excluding steroid dienone is 1. The highest BCUT2D eigenvalue weighted by atomic mass is 79.9. The van der Waals surface area contributed by atoms with E-state index in [-0.39, 0.29) is 0 Å². The normalized spacial score (nSPS) is 11.4. The first-order chi connectivity index (χ1) is 8.47. The van der Waals surface area contributed by atoms with Crippen LogP contribution < -0.4 is 5.49 Å². The fourth-order valence-corrected chi connectivity index (χ4v) is 2.10. The van der Waals surface area contributed by atoms with Crippen molar-refractivity contribution < 1.29 is 4.79 Å². The van der Waals surface area contributed by atoms with E-state index in [1.165, 1.54) is 0 Å². The average Bonchev–Trinajstić information content (AvgIpc) is 2.32. The molecule has 18 heavy (non-hydrogen) atoms. The molecule has 1 amide bonds. The number of amides is 1. The zero-order valence-corrected chi connectivity index (χ0v) is 12.6. The van der Waals surface area contributed by atoms with Gasteiger partial charge in [-0.15, -0.1) is 0 Å². The standard InChI is InChI=1S/C13H18BrN3O/c1-5-11(3)15-13-10(2)6-12(14)7-17(13)8-16(4)9-18/h6-7,9H,3,5,8H2,1-2,4H3/b15-13-. The van der Waals surface area contributed by atoms with Crippen LogP contribution in [0.15, 0.2) is 34.0 Å². The van der Waals surface area contributed by atoms with Gasteiger partial charge in [-0.1, -0.05) is 13.5 Å². The molecule has 5 heteroatoms. The van der Waals surface area contributed by atoms with Gasteiger partial charge in [-0.05, 0) is 40.9 Å². The SMILES string of the molecule is C=C(CC)/N=c1/c(C)cc(Br)cn1CN(C)C=O. The Morgan fingerprint density at radius 2 is 2.33 bits per heavy atom. The second-order valence-corrected chi connectivity index (χ2v) is 5.09. The third kappa shape index (κ3) is 3.84. The van der Waals surface area contributed by atoms with Gasteiger partial charge in [0.05, 0.1) is 6.67 Å². The minimum absolute atomic E-state index is 0.458. The van der Waals surface area contributed by atoms with E-state index in [0.717, 1.165) is 34.1 Å². The molecule has 1 aromatic rings. The molecule has 0 fully saturated rings. The number of pyridine rings is 1. The Morgan fingerprint density at radius 1 is 1.67 bits per heavy atom. The molecule has 0 radical (unpaired) electrons. The third-order valence-electron chi connectivity index (χ3n) is 2.49. The zero-order chi connectivity index (χ0) is 13.7. The van der Waals surface area contributed by atoms with Crippen LogP contribution in [-0.4, -0.2) is 22.9 Å². The molecular weight excluding hydrogens is 294 g/mol. The molecule has 0 bridgehead atoms. The minimum atomic E-state index is 0.458. The summed E-state index contributed by atoms with van der Waals surface area (Å²) in [7, 11) is 1.73. The molecule has 0 saturated heterocycles. The Bertz CT molecular complexity index is 519. The highest BCUT2D eigenvalue weighted by Gasteiger charge is 2.03. The topological polar surface area (TPSA) is 37.6 Å². The van der Waals surface area contributed by atoms with Crippen molar-refractivity contribution in [3.8, 4) is 0 Å². The van der Waals surface area contributed by atoms with E-state index in [9.17, 15) is 4.79 Å². The zero-order valence-electron chi connectivity index (χ0n) is 11.0. The molecule has 0 aromatic carbocycles. The van der Waals surface area contributed by atoms with E-state index in [2.05, 4.69) is 27.5 Å². The summed E-state index contributed by atoms with van der Waals surface area (Å²) in [4.78, 5) is 16.8. The highest BCUT2D eigenvalue weighted by Crippen LogP contribution is 2.09.